The number of hydrogen-bond acceptors (Lipinski definition) is 3. The summed E-state index contributed by atoms with van der Waals surface area (Å²) in [4.78, 5) is 25.0. The van der Waals surface area contributed by atoms with Gasteiger partial charge in [0.15, 0.2) is 0 Å². The molecule has 1 aliphatic rings. The van der Waals surface area contributed by atoms with Gasteiger partial charge in [-0.2, -0.15) is 0 Å². The molecule has 1 aromatic heterocycles. The van der Waals surface area contributed by atoms with Crippen molar-refractivity contribution in [3.05, 3.63) is 69.6 Å². The van der Waals surface area contributed by atoms with Gasteiger partial charge in [-0.1, -0.05) is 44.2 Å². The number of hydrogen-bond donors (Lipinski definition) is 2. The predicted octanol–water partition coefficient (Wildman–Crippen LogP) is 1.53. The molecule has 3 rings (SSSR count). The van der Waals surface area contributed by atoms with Crippen molar-refractivity contribution in [3.63, 3.8) is 0 Å². The van der Waals surface area contributed by atoms with Crippen molar-refractivity contribution in [1.29, 1.82) is 0 Å². The number of nitrogens with one attached hydrogen (secondary N) is 2. The standard InChI is InChI=1S/C20H23N3O2/c1-14(2)11-16-6-8-17(9-7-16)20(19(25)21-13-22-20)12-23-10-4-5-15(3)18(23)24/h5-9,14,22H,11-13H2,1-3H3,(H,21,25). The second-order valence-corrected chi connectivity index (χ2v) is 7.03. The summed E-state index contributed by atoms with van der Waals surface area (Å²) in [6.07, 6.45) is 3.81. The molecular formula is C20H23N3O2. The topological polar surface area (TPSA) is 63.1 Å². The zero-order chi connectivity index (χ0) is 18.0. The summed E-state index contributed by atoms with van der Waals surface area (Å²) in [5.41, 5.74) is 1.53. The fourth-order valence-corrected chi connectivity index (χ4v) is 3.25. The minimum Gasteiger partial charge on any atom is -0.342 e. The van der Waals surface area contributed by atoms with Crippen LogP contribution in [-0.2, 0) is 23.3 Å². The maximum Gasteiger partial charge on any atom is 0.261 e. The molecule has 1 amide bonds. The Hall–Kier alpha value is -2.58. The molecule has 1 aliphatic heterocycles. The SMILES string of the molecule is Cc1cc#cn(CC2(c3ccc(CC(C)C)cc3)NCNC2=O)c1=O. The summed E-state index contributed by atoms with van der Waals surface area (Å²) >= 11 is 0. The van der Waals surface area contributed by atoms with E-state index in [0.29, 0.717) is 18.2 Å². The Balaban J connectivity index is 1.98. The van der Waals surface area contributed by atoms with Crippen molar-refractivity contribution in [2.24, 2.45) is 5.92 Å². The number of nitrogens with zero attached hydrogens (tertiary/aromatic N) is 1. The van der Waals surface area contributed by atoms with Gasteiger partial charge in [0.05, 0.1) is 13.2 Å². The van der Waals surface area contributed by atoms with Gasteiger partial charge in [0, 0.05) is 11.8 Å². The van der Waals surface area contributed by atoms with E-state index in [2.05, 4.69) is 48.9 Å². The van der Waals surface area contributed by atoms with Crippen molar-refractivity contribution < 1.29 is 4.79 Å². The highest BCUT2D eigenvalue weighted by molar-refractivity contribution is 5.89. The van der Waals surface area contributed by atoms with Gasteiger partial charge in [-0.15, -0.1) is 0 Å². The number of benzene rings is 1. The first-order valence-corrected chi connectivity index (χ1v) is 8.55. The maximum atomic E-state index is 12.6. The number of amides is 1. The molecule has 25 heavy (non-hydrogen) atoms. The first-order chi connectivity index (χ1) is 11.9. The lowest BCUT2D eigenvalue weighted by molar-refractivity contribution is -0.125. The molecule has 1 aromatic carbocycles. The smallest absolute Gasteiger partial charge is 0.261 e. The van der Waals surface area contributed by atoms with Crippen LogP contribution in [0.15, 0.2) is 35.1 Å². The Kier molecular flexibility index (Phi) is 4.65. The molecule has 2 N–H and O–H groups in total. The summed E-state index contributed by atoms with van der Waals surface area (Å²) in [5.74, 6) is 0.439. The third-order valence-corrected chi connectivity index (χ3v) is 4.58. The normalized spacial score (nSPS) is 19.8. The Morgan fingerprint density at radius 3 is 2.56 bits per heavy atom. The number of rotatable bonds is 5. The zero-order valence-electron chi connectivity index (χ0n) is 14.8. The molecule has 130 valence electrons. The van der Waals surface area contributed by atoms with E-state index in [0.717, 1.165) is 12.0 Å². The van der Waals surface area contributed by atoms with Gasteiger partial charge in [-0.05, 0) is 36.5 Å². The summed E-state index contributed by atoms with van der Waals surface area (Å²) in [6.45, 7) is 6.64. The van der Waals surface area contributed by atoms with Crippen molar-refractivity contribution in [3.8, 4) is 0 Å². The van der Waals surface area contributed by atoms with E-state index in [1.807, 2.05) is 12.1 Å². The number of aryl methyl sites for hydroxylation is 1. The van der Waals surface area contributed by atoms with Crippen LogP contribution in [0.3, 0.4) is 0 Å². The van der Waals surface area contributed by atoms with Gasteiger partial charge in [-0.3, -0.25) is 19.5 Å². The van der Waals surface area contributed by atoms with Crippen LogP contribution in [0.5, 0.6) is 0 Å². The molecule has 0 radical (unpaired) electrons. The monoisotopic (exact) mass is 337 g/mol. The molecule has 0 spiro atoms. The van der Waals surface area contributed by atoms with Crippen molar-refractivity contribution in [2.45, 2.75) is 39.3 Å². The van der Waals surface area contributed by atoms with E-state index in [1.165, 1.54) is 10.1 Å². The fraction of sp³-hybridized carbons (Fsp3) is 0.400. The first-order valence-electron chi connectivity index (χ1n) is 8.55. The van der Waals surface area contributed by atoms with E-state index in [1.54, 1.807) is 13.0 Å². The summed E-state index contributed by atoms with van der Waals surface area (Å²) in [5, 5.41) is 6.06. The average molecular weight is 337 g/mol. The van der Waals surface area contributed by atoms with Gasteiger partial charge in [0.1, 0.15) is 5.54 Å². The van der Waals surface area contributed by atoms with E-state index < -0.39 is 5.54 Å². The molecule has 1 atom stereocenters. The van der Waals surface area contributed by atoms with Gasteiger partial charge >= 0.3 is 0 Å². The van der Waals surface area contributed by atoms with E-state index in [9.17, 15) is 9.59 Å². The fourth-order valence-electron chi connectivity index (χ4n) is 3.25. The third-order valence-electron chi connectivity index (χ3n) is 4.58. The highest BCUT2D eigenvalue weighted by Gasteiger charge is 2.44. The minimum absolute atomic E-state index is 0.133. The summed E-state index contributed by atoms with van der Waals surface area (Å²) < 4.78 is 1.43. The van der Waals surface area contributed by atoms with Crippen LogP contribution in [0.2, 0.25) is 0 Å². The predicted molar refractivity (Wildman–Crippen MR) is 95.9 cm³/mol. The van der Waals surface area contributed by atoms with Crippen molar-refractivity contribution in [2.75, 3.05) is 6.67 Å². The lowest BCUT2D eigenvalue weighted by Crippen LogP contribution is -2.48. The van der Waals surface area contributed by atoms with E-state index >= 15 is 0 Å². The molecule has 1 saturated heterocycles. The molecule has 0 aliphatic carbocycles. The van der Waals surface area contributed by atoms with E-state index in [4.69, 9.17) is 0 Å². The van der Waals surface area contributed by atoms with Crippen LogP contribution in [0.4, 0.5) is 0 Å². The Labute approximate surface area is 148 Å². The van der Waals surface area contributed by atoms with E-state index in [-0.39, 0.29) is 18.0 Å². The molecule has 5 heteroatoms. The lowest BCUT2D eigenvalue weighted by atomic mass is 9.88. The molecule has 2 heterocycles. The largest absolute Gasteiger partial charge is 0.342 e. The van der Waals surface area contributed by atoms with Crippen LogP contribution < -0.4 is 16.2 Å². The Bertz CT molecular complexity index is 824. The van der Waals surface area contributed by atoms with Gasteiger partial charge in [0.2, 0.25) is 5.91 Å². The Morgan fingerprint density at radius 1 is 1.24 bits per heavy atom. The van der Waals surface area contributed by atoms with Crippen LogP contribution in [0.25, 0.3) is 0 Å². The van der Waals surface area contributed by atoms with Gasteiger partial charge in [0.25, 0.3) is 5.56 Å². The zero-order valence-corrected chi connectivity index (χ0v) is 14.8. The molecule has 2 aromatic rings. The van der Waals surface area contributed by atoms with Gasteiger partial charge in [-0.25, -0.2) is 0 Å². The third kappa shape index (κ3) is 3.31. The van der Waals surface area contributed by atoms with Crippen molar-refractivity contribution >= 4 is 5.91 Å². The quantitative estimate of drug-likeness (QED) is 0.870. The molecule has 1 fully saturated rings. The number of carbonyl (C=O) groups excluding carboxylic acids is 1. The second-order valence-electron chi connectivity index (χ2n) is 7.03. The molecule has 1 unspecified atom stereocenters. The summed E-state index contributed by atoms with van der Waals surface area (Å²) in [6, 6.07) is 12.5. The first kappa shape index (κ1) is 17.2. The highest BCUT2D eigenvalue weighted by Crippen LogP contribution is 2.27. The molecule has 0 bridgehead atoms. The van der Waals surface area contributed by atoms with Crippen LogP contribution >= 0.6 is 0 Å². The number of carbonyl (C=O) groups is 1. The minimum atomic E-state index is -0.974. The molecule has 0 saturated carbocycles. The van der Waals surface area contributed by atoms with Crippen molar-refractivity contribution in [1.82, 2.24) is 15.2 Å². The van der Waals surface area contributed by atoms with Crippen LogP contribution in [0, 0.1) is 25.1 Å². The number of aromatic nitrogens is 1. The lowest BCUT2D eigenvalue weighted by Gasteiger charge is -2.27. The average Bonchev–Trinajstić information content (AvgIpc) is 2.94. The molecule has 5 nitrogen and oxygen atoms in total. The Morgan fingerprint density at radius 2 is 1.96 bits per heavy atom. The van der Waals surface area contributed by atoms with Crippen LogP contribution in [0.1, 0.15) is 30.5 Å². The second kappa shape index (κ2) is 6.73. The van der Waals surface area contributed by atoms with Gasteiger partial charge < -0.3 is 5.32 Å². The van der Waals surface area contributed by atoms with Crippen LogP contribution in [-0.4, -0.2) is 17.1 Å². The molecular weight excluding hydrogens is 314 g/mol. The highest BCUT2D eigenvalue weighted by atomic mass is 16.2. The maximum absolute atomic E-state index is 12.6. The summed E-state index contributed by atoms with van der Waals surface area (Å²) in [7, 11) is 0.